The molecule has 1 aromatic carbocycles. The molecule has 0 saturated heterocycles. The number of alkyl halides is 1. The first-order valence-electron chi connectivity index (χ1n) is 5.40. The first-order valence-corrected chi connectivity index (χ1v) is 6.69. The highest BCUT2D eigenvalue weighted by molar-refractivity contribution is 6.35. The summed E-state index contributed by atoms with van der Waals surface area (Å²) in [5, 5.41) is 4.07. The van der Waals surface area contributed by atoms with Gasteiger partial charge in [0.1, 0.15) is 0 Å². The van der Waals surface area contributed by atoms with Gasteiger partial charge in [0, 0.05) is 28.9 Å². The standard InChI is InChI=1S/C12H14Cl3NO/c13-6-1-2-12(17)16-7-5-9-3-4-10(14)8-11(9)15/h3-4,8H,1-2,5-7H2,(H,16,17). The minimum atomic E-state index is 0.0238. The van der Waals surface area contributed by atoms with E-state index in [2.05, 4.69) is 5.32 Å². The molecule has 1 amide bonds. The van der Waals surface area contributed by atoms with Crippen molar-refractivity contribution in [2.45, 2.75) is 19.3 Å². The van der Waals surface area contributed by atoms with Gasteiger partial charge in [-0.3, -0.25) is 4.79 Å². The van der Waals surface area contributed by atoms with Crippen LogP contribution in [0.4, 0.5) is 0 Å². The molecule has 0 unspecified atom stereocenters. The van der Waals surface area contributed by atoms with Crippen LogP contribution in [0, 0.1) is 0 Å². The van der Waals surface area contributed by atoms with Crippen molar-refractivity contribution in [3.8, 4) is 0 Å². The summed E-state index contributed by atoms with van der Waals surface area (Å²) in [5.74, 6) is 0.534. The number of amides is 1. The van der Waals surface area contributed by atoms with Gasteiger partial charge in [0.15, 0.2) is 0 Å². The summed E-state index contributed by atoms with van der Waals surface area (Å²) in [5.41, 5.74) is 0.980. The van der Waals surface area contributed by atoms with Crippen LogP contribution in [-0.4, -0.2) is 18.3 Å². The molecule has 1 aromatic rings. The number of carbonyl (C=O) groups excluding carboxylic acids is 1. The highest BCUT2D eigenvalue weighted by Crippen LogP contribution is 2.20. The van der Waals surface area contributed by atoms with Gasteiger partial charge in [0.05, 0.1) is 0 Å². The summed E-state index contributed by atoms with van der Waals surface area (Å²) in [6.45, 7) is 0.572. The second-order valence-electron chi connectivity index (χ2n) is 3.63. The van der Waals surface area contributed by atoms with Gasteiger partial charge in [-0.2, -0.15) is 0 Å². The van der Waals surface area contributed by atoms with E-state index in [0.29, 0.717) is 41.7 Å². The molecule has 1 rings (SSSR count). The van der Waals surface area contributed by atoms with E-state index in [1.165, 1.54) is 0 Å². The molecule has 94 valence electrons. The van der Waals surface area contributed by atoms with E-state index in [-0.39, 0.29) is 5.91 Å². The summed E-state index contributed by atoms with van der Waals surface area (Å²) < 4.78 is 0. The van der Waals surface area contributed by atoms with Crippen LogP contribution in [0.5, 0.6) is 0 Å². The summed E-state index contributed by atoms with van der Waals surface area (Å²) in [4.78, 5) is 11.3. The number of carbonyl (C=O) groups is 1. The fourth-order valence-electron chi connectivity index (χ4n) is 1.38. The minimum Gasteiger partial charge on any atom is -0.356 e. The zero-order valence-electron chi connectivity index (χ0n) is 9.31. The molecular formula is C12H14Cl3NO. The van der Waals surface area contributed by atoms with Crippen molar-refractivity contribution < 1.29 is 4.79 Å². The molecule has 0 atom stereocenters. The number of hydrogen-bond donors (Lipinski definition) is 1. The smallest absolute Gasteiger partial charge is 0.220 e. The van der Waals surface area contributed by atoms with Crippen molar-refractivity contribution >= 4 is 40.7 Å². The Balaban J connectivity index is 2.33. The third-order valence-corrected chi connectivity index (χ3v) is 3.12. The number of hydrogen-bond acceptors (Lipinski definition) is 1. The highest BCUT2D eigenvalue weighted by atomic mass is 35.5. The van der Waals surface area contributed by atoms with Crippen LogP contribution in [0.2, 0.25) is 10.0 Å². The Morgan fingerprint density at radius 2 is 2.06 bits per heavy atom. The lowest BCUT2D eigenvalue weighted by atomic mass is 10.1. The molecule has 0 aromatic heterocycles. The molecule has 2 nitrogen and oxygen atoms in total. The average molecular weight is 295 g/mol. The highest BCUT2D eigenvalue weighted by Gasteiger charge is 2.03. The van der Waals surface area contributed by atoms with E-state index in [4.69, 9.17) is 34.8 Å². The predicted molar refractivity (Wildman–Crippen MR) is 73.1 cm³/mol. The van der Waals surface area contributed by atoms with Crippen molar-refractivity contribution in [3.05, 3.63) is 33.8 Å². The Labute approximate surface area is 116 Å². The quantitative estimate of drug-likeness (QED) is 0.797. The molecule has 0 aliphatic carbocycles. The van der Waals surface area contributed by atoms with Crippen LogP contribution < -0.4 is 5.32 Å². The molecule has 1 N–H and O–H groups in total. The predicted octanol–water partition coefficient (Wildman–Crippen LogP) is 3.67. The van der Waals surface area contributed by atoms with Gasteiger partial charge in [-0.1, -0.05) is 29.3 Å². The Morgan fingerprint density at radius 1 is 1.29 bits per heavy atom. The number of nitrogens with one attached hydrogen (secondary N) is 1. The second-order valence-corrected chi connectivity index (χ2v) is 4.85. The van der Waals surface area contributed by atoms with Gasteiger partial charge in [0.2, 0.25) is 5.91 Å². The van der Waals surface area contributed by atoms with Crippen molar-refractivity contribution in [2.75, 3.05) is 12.4 Å². The van der Waals surface area contributed by atoms with Gasteiger partial charge >= 0.3 is 0 Å². The van der Waals surface area contributed by atoms with E-state index < -0.39 is 0 Å². The molecule has 5 heteroatoms. The summed E-state index contributed by atoms with van der Waals surface area (Å²) in [6.07, 6.45) is 1.87. The minimum absolute atomic E-state index is 0.0238. The lowest BCUT2D eigenvalue weighted by Crippen LogP contribution is -2.25. The molecule has 0 radical (unpaired) electrons. The number of benzene rings is 1. The largest absolute Gasteiger partial charge is 0.356 e. The lowest BCUT2D eigenvalue weighted by Gasteiger charge is -2.06. The summed E-state index contributed by atoms with van der Waals surface area (Å²) >= 11 is 17.3. The number of halogens is 3. The summed E-state index contributed by atoms with van der Waals surface area (Å²) in [7, 11) is 0. The third kappa shape index (κ3) is 5.62. The average Bonchev–Trinajstić information content (AvgIpc) is 2.29. The van der Waals surface area contributed by atoms with Crippen molar-refractivity contribution in [1.29, 1.82) is 0 Å². The molecule has 0 aliphatic rings. The van der Waals surface area contributed by atoms with Gasteiger partial charge in [-0.15, -0.1) is 11.6 Å². The maximum atomic E-state index is 11.3. The van der Waals surface area contributed by atoms with Gasteiger partial charge in [-0.05, 0) is 30.5 Å². The SMILES string of the molecule is O=C(CCCCl)NCCc1ccc(Cl)cc1Cl. The molecule has 0 spiro atoms. The van der Waals surface area contributed by atoms with Crippen LogP contribution >= 0.6 is 34.8 Å². The van der Waals surface area contributed by atoms with Crippen LogP contribution in [0.25, 0.3) is 0 Å². The fourth-order valence-corrected chi connectivity index (χ4v) is 2.01. The van der Waals surface area contributed by atoms with Gasteiger partial charge < -0.3 is 5.32 Å². The monoisotopic (exact) mass is 293 g/mol. The van der Waals surface area contributed by atoms with E-state index in [9.17, 15) is 4.79 Å². The molecule has 17 heavy (non-hydrogen) atoms. The van der Waals surface area contributed by atoms with E-state index in [1.54, 1.807) is 12.1 Å². The zero-order chi connectivity index (χ0) is 12.7. The first kappa shape index (κ1) is 14.6. The van der Waals surface area contributed by atoms with Crippen molar-refractivity contribution in [1.82, 2.24) is 5.32 Å². The fraction of sp³-hybridized carbons (Fsp3) is 0.417. The van der Waals surface area contributed by atoms with Gasteiger partial charge in [0.25, 0.3) is 0 Å². The summed E-state index contributed by atoms with van der Waals surface area (Å²) in [6, 6.07) is 5.36. The van der Waals surface area contributed by atoms with Crippen LogP contribution in [0.1, 0.15) is 18.4 Å². The molecule has 0 bridgehead atoms. The third-order valence-electron chi connectivity index (χ3n) is 2.27. The van der Waals surface area contributed by atoms with Crippen LogP contribution in [0.3, 0.4) is 0 Å². The second kappa shape index (κ2) is 7.80. The maximum Gasteiger partial charge on any atom is 0.220 e. The Bertz CT molecular complexity index is 382. The van der Waals surface area contributed by atoms with Gasteiger partial charge in [-0.25, -0.2) is 0 Å². The van der Waals surface area contributed by atoms with Crippen LogP contribution in [0.15, 0.2) is 18.2 Å². The maximum absolute atomic E-state index is 11.3. The van der Waals surface area contributed by atoms with E-state index >= 15 is 0 Å². The molecular weight excluding hydrogens is 280 g/mol. The topological polar surface area (TPSA) is 29.1 Å². The first-order chi connectivity index (χ1) is 8.13. The number of rotatable bonds is 6. The van der Waals surface area contributed by atoms with Crippen molar-refractivity contribution in [2.24, 2.45) is 0 Å². The van der Waals surface area contributed by atoms with E-state index in [0.717, 1.165) is 5.56 Å². The van der Waals surface area contributed by atoms with E-state index in [1.807, 2.05) is 6.07 Å². The molecule has 0 aliphatic heterocycles. The van der Waals surface area contributed by atoms with Crippen molar-refractivity contribution in [3.63, 3.8) is 0 Å². The molecule has 0 saturated carbocycles. The Kier molecular flexibility index (Phi) is 6.71. The Hall–Kier alpha value is -0.440. The lowest BCUT2D eigenvalue weighted by molar-refractivity contribution is -0.121. The van der Waals surface area contributed by atoms with Crippen LogP contribution in [-0.2, 0) is 11.2 Å². The molecule has 0 heterocycles. The molecule has 0 fully saturated rings. The zero-order valence-corrected chi connectivity index (χ0v) is 11.6. The Morgan fingerprint density at radius 3 is 2.71 bits per heavy atom. The normalized spacial score (nSPS) is 10.3.